The molecular weight excluding hydrogens is 326 g/mol. The summed E-state index contributed by atoms with van der Waals surface area (Å²) in [6.45, 7) is 1.85. The molecule has 0 aliphatic carbocycles. The Labute approximate surface area is 143 Å². The third-order valence-corrected chi connectivity index (χ3v) is 4.51. The minimum atomic E-state index is -0.580. The molecule has 1 aliphatic rings. The molecule has 2 heterocycles. The number of carbonyl (C=O) groups excluding carboxylic acids is 2. The van der Waals surface area contributed by atoms with Gasteiger partial charge in [0.15, 0.2) is 0 Å². The van der Waals surface area contributed by atoms with E-state index >= 15 is 0 Å². The number of hydrogen-bond acceptors (Lipinski definition) is 3. The number of halogens is 1. The first kappa shape index (κ1) is 14.9. The Morgan fingerprint density at radius 1 is 1.12 bits per heavy atom. The van der Waals surface area contributed by atoms with Crippen LogP contribution in [0.4, 0.5) is 5.69 Å². The summed E-state index contributed by atoms with van der Waals surface area (Å²) in [5.41, 5.74) is 2.17. The molecule has 6 heteroatoms. The number of hydrogen-bond donors (Lipinski definition) is 0. The van der Waals surface area contributed by atoms with Gasteiger partial charge in [-0.1, -0.05) is 29.8 Å². The Bertz CT molecular complexity index is 979. The van der Waals surface area contributed by atoms with E-state index < -0.39 is 6.04 Å². The van der Waals surface area contributed by atoms with Crippen LogP contribution in [-0.2, 0) is 9.59 Å². The van der Waals surface area contributed by atoms with Crippen LogP contribution in [0.2, 0.25) is 5.02 Å². The maximum absolute atomic E-state index is 12.9. The van der Waals surface area contributed by atoms with Crippen molar-refractivity contribution < 1.29 is 9.59 Å². The molecule has 1 saturated heterocycles. The molecule has 1 fully saturated rings. The number of imidazole rings is 1. The number of anilines is 1. The number of aryl methyl sites for hydroxylation is 1. The zero-order valence-electron chi connectivity index (χ0n) is 12.9. The van der Waals surface area contributed by atoms with Crippen LogP contribution in [0.1, 0.15) is 18.3 Å². The second-order valence-corrected chi connectivity index (χ2v) is 6.22. The van der Waals surface area contributed by atoms with Gasteiger partial charge >= 0.3 is 0 Å². The van der Waals surface area contributed by atoms with Crippen LogP contribution in [0.25, 0.3) is 11.0 Å². The number of carbonyl (C=O) groups is 2. The standard InChI is InChI=1S/C18H14ClN3O2/c1-11-20-14-7-2-3-8-15(14)21(11)16-10-17(23)22(18(16)24)13-6-4-5-12(19)9-13/h2-9,16H,10H2,1H3. The van der Waals surface area contributed by atoms with Crippen molar-refractivity contribution in [3.8, 4) is 0 Å². The summed E-state index contributed by atoms with van der Waals surface area (Å²) >= 11 is 5.99. The van der Waals surface area contributed by atoms with Crippen LogP contribution < -0.4 is 4.90 Å². The molecule has 1 aromatic heterocycles. The van der Waals surface area contributed by atoms with E-state index in [-0.39, 0.29) is 18.2 Å². The normalized spacial score (nSPS) is 17.9. The molecule has 24 heavy (non-hydrogen) atoms. The minimum Gasteiger partial charge on any atom is -0.315 e. The molecular formula is C18H14ClN3O2. The van der Waals surface area contributed by atoms with E-state index in [0.717, 1.165) is 16.9 Å². The number of benzene rings is 2. The molecule has 2 aromatic carbocycles. The monoisotopic (exact) mass is 339 g/mol. The fraction of sp³-hybridized carbons (Fsp3) is 0.167. The highest BCUT2D eigenvalue weighted by molar-refractivity contribution is 6.31. The molecule has 0 spiro atoms. The molecule has 0 saturated carbocycles. The minimum absolute atomic E-state index is 0.118. The predicted octanol–water partition coefficient (Wildman–Crippen LogP) is 3.50. The predicted molar refractivity (Wildman–Crippen MR) is 92.1 cm³/mol. The molecule has 120 valence electrons. The number of fused-ring (bicyclic) bond motifs is 1. The van der Waals surface area contributed by atoms with Gasteiger partial charge in [-0.25, -0.2) is 9.88 Å². The van der Waals surface area contributed by atoms with Crippen molar-refractivity contribution in [1.29, 1.82) is 0 Å². The molecule has 3 aromatic rings. The Morgan fingerprint density at radius 3 is 2.71 bits per heavy atom. The van der Waals surface area contributed by atoms with Crippen LogP contribution in [0.5, 0.6) is 0 Å². The lowest BCUT2D eigenvalue weighted by Gasteiger charge is -2.17. The van der Waals surface area contributed by atoms with Gasteiger partial charge in [0.1, 0.15) is 11.9 Å². The maximum atomic E-state index is 12.9. The van der Waals surface area contributed by atoms with E-state index in [1.807, 2.05) is 35.8 Å². The van der Waals surface area contributed by atoms with Crippen LogP contribution in [0.3, 0.4) is 0 Å². The quantitative estimate of drug-likeness (QED) is 0.671. The summed E-state index contributed by atoms with van der Waals surface area (Å²) < 4.78 is 1.85. The SMILES string of the molecule is Cc1nc2ccccc2n1C1CC(=O)N(c2cccc(Cl)c2)C1=O. The summed E-state index contributed by atoms with van der Waals surface area (Å²) in [6, 6.07) is 13.8. The number of amides is 2. The van der Waals surface area contributed by atoms with E-state index in [1.54, 1.807) is 24.3 Å². The van der Waals surface area contributed by atoms with E-state index in [9.17, 15) is 9.59 Å². The molecule has 0 radical (unpaired) electrons. The highest BCUT2D eigenvalue weighted by Gasteiger charge is 2.41. The average Bonchev–Trinajstić information content (AvgIpc) is 3.02. The fourth-order valence-corrected chi connectivity index (χ4v) is 3.45. The molecule has 0 bridgehead atoms. The summed E-state index contributed by atoms with van der Waals surface area (Å²) in [6.07, 6.45) is 0.118. The highest BCUT2D eigenvalue weighted by atomic mass is 35.5. The summed E-state index contributed by atoms with van der Waals surface area (Å²) in [4.78, 5) is 31.1. The number of rotatable bonds is 2. The molecule has 0 N–H and O–H groups in total. The van der Waals surface area contributed by atoms with E-state index in [0.29, 0.717) is 10.7 Å². The molecule has 5 nitrogen and oxygen atoms in total. The Balaban J connectivity index is 1.79. The molecule has 4 rings (SSSR count). The summed E-state index contributed by atoms with van der Waals surface area (Å²) in [7, 11) is 0. The lowest BCUT2D eigenvalue weighted by atomic mass is 10.2. The third-order valence-electron chi connectivity index (χ3n) is 4.27. The Hall–Kier alpha value is -2.66. The van der Waals surface area contributed by atoms with Gasteiger partial charge in [-0.2, -0.15) is 0 Å². The summed E-state index contributed by atoms with van der Waals surface area (Å²) in [5, 5.41) is 0.487. The number of imide groups is 1. The van der Waals surface area contributed by atoms with Gasteiger partial charge in [-0.05, 0) is 37.3 Å². The van der Waals surface area contributed by atoms with Crippen LogP contribution in [-0.4, -0.2) is 21.4 Å². The highest BCUT2D eigenvalue weighted by Crippen LogP contribution is 2.33. The largest absolute Gasteiger partial charge is 0.315 e. The first-order chi connectivity index (χ1) is 11.6. The lowest BCUT2D eigenvalue weighted by molar-refractivity contribution is -0.122. The van der Waals surface area contributed by atoms with Crippen molar-refractivity contribution >= 4 is 40.1 Å². The first-order valence-electron chi connectivity index (χ1n) is 7.62. The molecule has 1 aliphatic heterocycles. The molecule has 2 amide bonds. The van der Waals surface area contributed by atoms with Crippen molar-refractivity contribution in [1.82, 2.24) is 9.55 Å². The van der Waals surface area contributed by atoms with Gasteiger partial charge in [0, 0.05) is 5.02 Å². The number of nitrogens with zero attached hydrogens (tertiary/aromatic N) is 3. The van der Waals surface area contributed by atoms with E-state index in [4.69, 9.17) is 11.6 Å². The zero-order chi connectivity index (χ0) is 16.8. The summed E-state index contributed by atoms with van der Waals surface area (Å²) in [5.74, 6) is 0.230. The van der Waals surface area contributed by atoms with Crippen LogP contribution in [0, 0.1) is 6.92 Å². The Morgan fingerprint density at radius 2 is 1.92 bits per heavy atom. The van der Waals surface area contributed by atoms with E-state index in [2.05, 4.69) is 4.98 Å². The van der Waals surface area contributed by atoms with Crippen molar-refractivity contribution in [2.24, 2.45) is 0 Å². The van der Waals surface area contributed by atoms with Gasteiger partial charge in [-0.3, -0.25) is 9.59 Å². The molecule has 1 unspecified atom stereocenters. The van der Waals surface area contributed by atoms with Gasteiger partial charge in [0.05, 0.1) is 23.1 Å². The van der Waals surface area contributed by atoms with Crippen molar-refractivity contribution in [3.63, 3.8) is 0 Å². The third kappa shape index (κ3) is 2.20. The van der Waals surface area contributed by atoms with Crippen LogP contribution >= 0.6 is 11.6 Å². The van der Waals surface area contributed by atoms with Crippen molar-refractivity contribution in [2.75, 3.05) is 4.90 Å². The van der Waals surface area contributed by atoms with Gasteiger partial charge in [0.25, 0.3) is 5.91 Å². The average molecular weight is 340 g/mol. The second-order valence-electron chi connectivity index (χ2n) is 5.78. The smallest absolute Gasteiger partial charge is 0.257 e. The van der Waals surface area contributed by atoms with Gasteiger partial charge in [0.2, 0.25) is 5.91 Å². The fourth-order valence-electron chi connectivity index (χ4n) is 3.26. The van der Waals surface area contributed by atoms with E-state index in [1.165, 1.54) is 4.90 Å². The number of aromatic nitrogens is 2. The topological polar surface area (TPSA) is 55.2 Å². The van der Waals surface area contributed by atoms with Crippen LogP contribution in [0.15, 0.2) is 48.5 Å². The number of para-hydroxylation sites is 2. The second kappa shape index (κ2) is 5.46. The van der Waals surface area contributed by atoms with Gasteiger partial charge < -0.3 is 4.57 Å². The van der Waals surface area contributed by atoms with Crippen molar-refractivity contribution in [2.45, 2.75) is 19.4 Å². The first-order valence-corrected chi connectivity index (χ1v) is 8.00. The lowest BCUT2D eigenvalue weighted by Crippen LogP contribution is -2.31. The maximum Gasteiger partial charge on any atom is 0.257 e. The van der Waals surface area contributed by atoms with Gasteiger partial charge in [-0.15, -0.1) is 0 Å². The molecule has 1 atom stereocenters. The zero-order valence-corrected chi connectivity index (χ0v) is 13.7. The van der Waals surface area contributed by atoms with Crippen molar-refractivity contribution in [3.05, 3.63) is 59.4 Å². The Kier molecular flexibility index (Phi) is 3.39.